The minimum atomic E-state index is -0.404. The van der Waals surface area contributed by atoms with E-state index in [-0.39, 0.29) is 18.3 Å². The van der Waals surface area contributed by atoms with Crippen molar-refractivity contribution in [2.75, 3.05) is 21.3 Å². The zero-order valence-electron chi connectivity index (χ0n) is 11.6. The first-order valence-electron chi connectivity index (χ1n) is 6.02. The SMILES string of the molecule is COc1ccc(C2CC(=O)NC(N)=N2)c(OC)c1OC. The molecule has 1 atom stereocenters. The molecule has 7 heteroatoms. The van der Waals surface area contributed by atoms with Gasteiger partial charge in [0.05, 0.1) is 33.8 Å². The lowest BCUT2D eigenvalue weighted by molar-refractivity contribution is -0.120. The predicted molar refractivity (Wildman–Crippen MR) is 73.2 cm³/mol. The van der Waals surface area contributed by atoms with Gasteiger partial charge in [0.2, 0.25) is 11.7 Å². The maximum absolute atomic E-state index is 11.6. The first-order valence-corrected chi connectivity index (χ1v) is 6.02. The molecule has 0 aliphatic carbocycles. The first kappa shape index (κ1) is 14.0. The number of benzene rings is 1. The Morgan fingerprint density at radius 3 is 2.45 bits per heavy atom. The van der Waals surface area contributed by atoms with Crippen LogP contribution in [0.5, 0.6) is 17.2 Å². The number of hydrogen-bond donors (Lipinski definition) is 2. The molecule has 0 spiro atoms. The average Bonchev–Trinajstić information content (AvgIpc) is 2.44. The van der Waals surface area contributed by atoms with Crippen LogP contribution >= 0.6 is 0 Å². The molecule has 7 nitrogen and oxygen atoms in total. The highest BCUT2D eigenvalue weighted by molar-refractivity contribution is 5.98. The quantitative estimate of drug-likeness (QED) is 0.841. The summed E-state index contributed by atoms with van der Waals surface area (Å²) in [6.45, 7) is 0. The number of rotatable bonds is 4. The molecule has 0 fully saturated rings. The summed E-state index contributed by atoms with van der Waals surface area (Å²) in [5.74, 6) is 1.42. The average molecular weight is 279 g/mol. The smallest absolute Gasteiger partial charge is 0.229 e. The normalized spacial score (nSPS) is 18.1. The minimum absolute atomic E-state index is 0.100. The Hall–Kier alpha value is -2.44. The molecule has 0 radical (unpaired) electrons. The molecule has 3 N–H and O–H groups in total. The monoisotopic (exact) mass is 279 g/mol. The minimum Gasteiger partial charge on any atom is -0.493 e. The Morgan fingerprint density at radius 2 is 1.90 bits per heavy atom. The fourth-order valence-electron chi connectivity index (χ4n) is 2.18. The van der Waals surface area contributed by atoms with Crippen molar-refractivity contribution >= 4 is 11.9 Å². The topological polar surface area (TPSA) is 95.2 Å². The van der Waals surface area contributed by atoms with Crippen LogP contribution in [-0.2, 0) is 4.79 Å². The summed E-state index contributed by atoms with van der Waals surface area (Å²) in [5.41, 5.74) is 6.32. The summed E-state index contributed by atoms with van der Waals surface area (Å²) in [6, 6.07) is 3.13. The van der Waals surface area contributed by atoms with Crippen LogP contribution in [0.25, 0.3) is 0 Å². The van der Waals surface area contributed by atoms with E-state index in [9.17, 15) is 4.79 Å². The number of aliphatic imine (C=N–C) groups is 1. The van der Waals surface area contributed by atoms with E-state index in [0.717, 1.165) is 5.56 Å². The van der Waals surface area contributed by atoms with Crippen LogP contribution in [-0.4, -0.2) is 33.2 Å². The molecule has 108 valence electrons. The van der Waals surface area contributed by atoms with Crippen molar-refractivity contribution in [1.29, 1.82) is 0 Å². The molecule has 1 aromatic carbocycles. The fraction of sp³-hybridized carbons (Fsp3) is 0.385. The van der Waals surface area contributed by atoms with Gasteiger partial charge in [-0.25, -0.2) is 4.99 Å². The van der Waals surface area contributed by atoms with Crippen molar-refractivity contribution in [1.82, 2.24) is 5.32 Å². The van der Waals surface area contributed by atoms with E-state index in [1.807, 2.05) is 0 Å². The van der Waals surface area contributed by atoms with Gasteiger partial charge in [-0.2, -0.15) is 0 Å². The molecule has 1 aliphatic heterocycles. The molecule has 0 aromatic heterocycles. The molecule has 2 rings (SSSR count). The lowest BCUT2D eigenvalue weighted by Crippen LogP contribution is -2.41. The number of carbonyl (C=O) groups excluding carboxylic acids is 1. The van der Waals surface area contributed by atoms with Gasteiger partial charge in [-0.1, -0.05) is 0 Å². The molecule has 1 amide bonds. The highest BCUT2D eigenvalue weighted by Crippen LogP contribution is 2.43. The molecule has 1 aromatic rings. The van der Waals surface area contributed by atoms with Crippen LogP contribution in [0.2, 0.25) is 0 Å². The molecule has 1 aliphatic rings. The molecular weight excluding hydrogens is 262 g/mol. The number of nitrogens with two attached hydrogens (primary N) is 1. The predicted octanol–water partition coefficient (Wildman–Crippen LogP) is 0.588. The number of nitrogens with one attached hydrogen (secondary N) is 1. The lowest BCUT2D eigenvalue weighted by atomic mass is 10.0. The standard InChI is InChI=1S/C13H17N3O4/c1-18-9-5-4-7(11(19-2)12(9)20-3)8-6-10(17)16-13(14)15-8/h4-5,8H,6H2,1-3H3,(H3,14,15,16,17). The highest BCUT2D eigenvalue weighted by atomic mass is 16.5. The van der Waals surface area contributed by atoms with Crippen molar-refractivity contribution in [3.05, 3.63) is 17.7 Å². The second-order valence-corrected chi connectivity index (χ2v) is 4.21. The van der Waals surface area contributed by atoms with E-state index >= 15 is 0 Å². The molecular formula is C13H17N3O4. The Bertz CT molecular complexity index is 557. The number of nitrogens with zero attached hydrogens (tertiary/aromatic N) is 1. The maximum Gasteiger partial charge on any atom is 0.229 e. The van der Waals surface area contributed by atoms with Crippen LogP contribution in [0.15, 0.2) is 17.1 Å². The van der Waals surface area contributed by atoms with Gasteiger partial charge in [0.15, 0.2) is 17.5 Å². The van der Waals surface area contributed by atoms with Crippen LogP contribution in [0.1, 0.15) is 18.0 Å². The van der Waals surface area contributed by atoms with Gasteiger partial charge < -0.3 is 19.9 Å². The van der Waals surface area contributed by atoms with Gasteiger partial charge in [0.1, 0.15) is 0 Å². The van der Waals surface area contributed by atoms with Gasteiger partial charge in [-0.3, -0.25) is 10.1 Å². The van der Waals surface area contributed by atoms with Crippen molar-refractivity contribution in [3.63, 3.8) is 0 Å². The second kappa shape index (κ2) is 5.68. The summed E-state index contributed by atoms with van der Waals surface area (Å²) in [4.78, 5) is 15.8. The van der Waals surface area contributed by atoms with Gasteiger partial charge in [-0.05, 0) is 12.1 Å². The van der Waals surface area contributed by atoms with Crippen molar-refractivity contribution < 1.29 is 19.0 Å². The van der Waals surface area contributed by atoms with E-state index in [1.165, 1.54) is 14.2 Å². The third-order valence-electron chi connectivity index (χ3n) is 3.03. The Labute approximate surface area is 116 Å². The summed E-state index contributed by atoms with van der Waals surface area (Å²) >= 11 is 0. The molecule has 0 saturated carbocycles. The molecule has 1 heterocycles. The Morgan fingerprint density at radius 1 is 1.20 bits per heavy atom. The largest absolute Gasteiger partial charge is 0.493 e. The number of hydrogen-bond acceptors (Lipinski definition) is 6. The summed E-state index contributed by atoms with van der Waals surface area (Å²) in [6.07, 6.45) is 0.201. The van der Waals surface area contributed by atoms with Crippen molar-refractivity contribution in [2.24, 2.45) is 10.7 Å². The fourth-order valence-corrected chi connectivity index (χ4v) is 2.18. The highest BCUT2D eigenvalue weighted by Gasteiger charge is 2.27. The second-order valence-electron chi connectivity index (χ2n) is 4.21. The van der Waals surface area contributed by atoms with Crippen LogP contribution in [0, 0.1) is 0 Å². The summed E-state index contributed by atoms with van der Waals surface area (Å²) in [5, 5.41) is 2.46. The van der Waals surface area contributed by atoms with Gasteiger partial charge in [0.25, 0.3) is 0 Å². The van der Waals surface area contributed by atoms with E-state index < -0.39 is 6.04 Å². The summed E-state index contributed by atoms with van der Waals surface area (Å²) in [7, 11) is 4.59. The van der Waals surface area contributed by atoms with Crippen LogP contribution < -0.4 is 25.3 Å². The summed E-state index contributed by atoms with van der Waals surface area (Å²) < 4.78 is 15.9. The maximum atomic E-state index is 11.6. The number of guanidine groups is 1. The van der Waals surface area contributed by atoms with Crippen LogP contribution in [0.3, 0.4) is 0 Å². The third kappa shape index (κ3) is 2.47. The van der Waals surface area contributed by atoms with E-state index in [0.29, 0.717) is 17.2 Å². The van der Waals surface area contributed by atoms with Crippen molar-refractivity contribution in [3.8, 4) is 17.2 Å². The van der Waals surface area contributed by atoms with E-state index in [1.54, 1.807) is 19.2 Å². The van der Waals surface area contributed by atoms with Gasteiger partial charge in [0, 0.05) is 5.56 Å². The van der Waals surface area contributed by atoms with Gasteiger partial charge >= 0.3 is 0 Å². The van der Waals surface area contributed by atoms with Gasteiger partial charge in [-0.15, -0.1) is 0 Å². The number of carbonyl (C=O) groups is 1. The molecule has 0 saturated heterocycles. The van der Waals surface area contributed by atoms with Crippen LogP contribution in [0.4, 0.5) is 0 Å². The zero-order chi connectivity index (χ0) is 14.7. The number of methoxy groups -OCH3 is 3. The molecule has 20 heavy (non-hydrogen) atoms. The number of ether oxygens (including phenoxy) is 3. The zero-order valence-corrected chi connectivity index (χ0v) is 11.6. The van der Waals surface area contributed by atoms with E-state index in [4.69, 9.17) is 19.9 Å². The Balaban J connectivity index is 2.51. The number of amides is 1. The third-order valence-corrected chi connectivity index (χ3v) is 3.03. The first-order chi connectivity index (χ1) is 9.60. The molecule has 1 unspecified atom stereocenters. The lowest BCUT2D eigenvalue weighted by Gasteiger charge is -2.22. The van der Waals surface area contributed by atoms with Crippen molar-refractivity contribution in [2.45, 2.75) is 12.5 Å². The molecule has 0 bridgehead atoms. The Kier molecular flexibility index (Phi) is 3.97. The van der Waals surface area contributed by atoms with E-state index in [2.05, 4.69) is 10.3 Å².